The van der Waals surface area contributed by atoms with Crippen molar-refractivity contribution in [2.45, 2.75) is 139 Å². The molecule has 101 heavy (non-hydrogen) atoms. The Morgan fingerprint density at radius 2 is 0.881 bits per heavy atom. The molecule has 6 aromatic rings. The number of urea groups is 2. The van der Waals surface area contributed by atoms with Gasteiger partial charge in [-0.3, -0.25) is 9.80 Å². The second-order valence-electron chi connectivity index (χ2n) is 25.3. The van der Waals surface area contributed by atoms with E-state index in [-0.39, 0.29) is 107 Å². The molecule has 37 heteroatoms. The van der Waals surface area contributed by atoms with Gasteiger partial charge < -0.3 is 49.8 Å². The van der Waals surface area contributed by atoms with E-state index < -0.39 is 65.1 Å². The number of hydrogen-bond donors (Lipinski definition) is 3. The molecule has 6 fully saturated rings. The minimum atomic E-state index is -5.01. The molecule has 4 atom stereocenters. The van der Waals surface area contributed by atoms with Crippen LogP contribution in [0, 0.1) is 0 Å². The fraction of sp³-hybridized carbons (Fsp3) is 0.531. The number of nitrogens with one attached hydrogen (secondary N) is 1. The summed E-state index contributed by atoms with van der Waals surface area (Å²) in [4.78, 5) is 75.1. The van der Waals surface area contributed by atoms with Crippen LogP contribution in [0.5, 0.6) is 0 Å². The van der Waals surface area contributed by atoms with Crippen LogP contribution in [-0.2, 0) is 37.8 Å². The Balaban J connectivity index is 0.000000200. The Morgan fingerprint density at radius 1 is 0.505 bits per heavy atom. The number of rotatable bonds is 15. The number of benzene rings is 2. The van der Waals surface area contributed by atoms with E-state index in [2.05, 4.69) is 40.2 Å². The molecule has 6 saturated heterocycles. The van der Waals surface area contributed by atoms with Crippen LogP contribution in [0.4, 0.5) is 103 Å². The van der Waals surface area contributed by atoms with Crippen LogP contribution in [-0.4, -0.2) is 188 Å². The molecule has 6 aliphatic heterocycles. The van der Waals surface area contributed by atoms with E-state index in [4.69, 9.17) is 44.9 Å². The molecule has 3 N–H and O–H groups in total. The number of anilines is 7. The molecule has 0 bridgehead atoms. The lowest BCUT2D eigenvalue weighted by molar-refractivity contribution is -0.144. The molecule has 22 nitrogen and oxygen atoms in total. The fourth-order valence-corrected chi connectivity index (χ4v) is 13.5. The average molecular weight is 1490 g/mol. The van der Waals surface area contributed by atoms with E-state index in [1.54, 1.807) is 23.9 Å². The second-order valence-corrected chi connectivity index (χ2v) is 26.5. The minimum Gasteiger partial charge on any atom is -0.393 e. The normalized spacial score (nSPS) is 20.4. The Kier molecular flexibility index (Phi) is 23.6. The largest absolute Gasteiger partial charge is 0.416 e. The zero-order valence-electron chi connectivity index (χ0n) is 55.0. The first kappa shape index (κ1) is 75.9. The molecule has 4 amide bonds. The maximum Gasteiger partial charge on any atom is 0.416 e. The summed E-state index contributed by atoms with van der Waals surface area (Å²) in [5.74, 6) is 1.38. The van der Waals surface area contributed by atoms with Gasteiger partial charge in [-0.2, -0.15) is 62.7 Å². The quantitative estimate of drug-likeness (QED) is 0.0643. The number of aliphatic hydroxyl groups excluding tert-OH is 2. The van der Waals surface area contributed by atoms with E-state index in [9.17, 15) is 67.4 Å². The van der Waals surface area contributed by atoms with Gasteiger partial charge >= 0.3 is 36.8 Å². The van der Waals surface area contributed by atoms with E-state index in [0.29, 0.717) is 131 Å². The lowest BCUT2D eigenvalue weighted by Crippen LogP contribution is -2.39. The maximum absolute atomic E-state index is 13.8. The summed E-state index contributed by atoms with van der Waals surface area (Å²) < 4.78 is 165. The van der Waals surface area contributed by atoms with E-state index in [1.165, 1.54) is 56.8 Å². The third-order valence-electron chi connectivity index (χ3n) is 18.4. The SMILES string of the molecule is CC[C@@H]1C[C@H](N(Cc2cc(C(F)(F)F)cc(C(F)(F)F)c2)c2ncc(N3CCN(C)C3=O)cn2)CN1c1nc(Cl)ncc1Cl.CC[C@@H]1C[C@H](N(Cc2cc(C(F)(F)F)cc(C(F)(F)F)c2)c2ncc(N3CCN(C)C3=O)cn2)CN1c1nc(N2CCC(O)CC2)ncc1Cl.OC1CCNCC1. The summed E-state index contributed by atoms with van der Waals surface area (Å²) in [6, 6.07) is 1.21. The monoisotopic (exact) mass is 1490 g/mol. The van der Waals surface area contributed by atoms with Crippen molar-refractivity contribution in [1.29, 1.82) is 0 Å². The molecular weight excluding hydrogens is 1420 g/mol. The Bertz CT molecular complexity index is 3770. The van der Waals surface area contributed by atoms with Crippen molar-refractivity contribution in [3.8, 4) is 0 Å². The van der Waals surface area contributed by atoms with Crippen molar-refractivity contribution in [1.82, 2.24) is 55.0 Å². The summed E-state index contributed by atoms with van der Waals surface area (Å²) in [6.07, 6.45) is -6.85. The van der Waals surface area contributed by atoms with Crippen LogP contribution in [0.2, 0.25) is 15.3 Å². The summed E-state index contributed by atoms with van der Waals surface area (Å²) in [6.45, 7) is 8.52. The molecule has 0 unspecified atom stereocenters. The van der Waals surface area contributed by atoms with Gasteiger partial charge in [-0.25, -0.2) is 39.5 Å². The number of likely N-dealkylation sites (N-methyl/N-ethyl adjacent to an activating group) is 2. The number of halogens is 15. The molecule has 12 rings (SSSR count). The Labute approximate surface area is 588 Å². The Morgan fingerprint density at radius 3 is 1.23 bits per heavy atom. The number of piperidine rings is 2. The van der Waals surface area contributed by atoms with Crippen LogP contribution in [0.15, 0.2) is 73.6 Å². The first-order valence-electron chi connectivity index (χ1n) is 32.5. The molecule has 2 aromatic carbocycles. The zero-order valence-corrected chi connectivity index (χ0v) is 57.3. The van der Waals surface area contributed by atoms with Crippen molar-refractivity contribution in [2.75, 3.05) is 114 Å². The van der Waals surface area contributed by atoms with Gasteiger partial charge in [0.1, 0.15) is 10.0 Å². The van der Waals surface area contributed by atoms with Gasteiger partial charge in [0.05, 0.1) is 95.1 Å². The van der Waals surface area contributed by atoms with Gasteiger partial charge in [-0.1, -0.05) is 37.0 Å². The molecule has 6 aliphatic rings. The predicted octanol–water partition coefficient (Wildman–Crippen LogP) is 12.1. The van der Waals surface area contributed by atoms with E-state index in [1.807, 2.05) is 28.5 Å². The van der Waals surface area contributed by atoms with Gasteiger partial charge in [-0.05, 0) is 124 Å². The summed E-state index contributed by atoms with van der Waals surface area (Å²) in [5.41, 5.74) is -5.31. The molecule has 0 aliphatic carbocycles. The number of hydrogen-bond acceptors (Lipinski definition) is 18. The van der Waals surface area contributed by atoms with Crippen molar-refractivity contribution >= 4 is 87.7 Å². The molecule has 0 radical (unpaired) electrons. The van der Waals surface area contributed by atoms with E-state index >= 15 is 0 Å². The van der Waals surface area contributed by atoms with Gasteiger partial charge in [0, 0.05) is 91.6 Å². The van der Waals surface area contributed by atoms with Gasteiger partial charge in [0.25, 0.3) is 0 Å². The summed E-state index contributed by atoms with van der Waals surface area (Å²) in [7, 11) is 3.31. The second kappa shape index (κ2) is 31.4. The molecule has 0 saturated carbocycles. The average Bonchev–Trinajstić information content (AvgIpc) is 1.74. The molecule has 10 heterocycles. The van der Waals surface area contributed by atoms with Crippen LogP contribution < -0.4 is 39.6 Å². The summed E-state index contributed by atoms with van der Waals surface area (Å²) >= 11 is 19.1. The van der Waals surface area contributed by atoms with E-state index in [0.717, 1.165) is 25.9 Å². The number of aliphatic hydroxyl groups is 2. The highest BCUT2D eigenvalue weighted by molar-refractivity contribution is 6.33. The summed E-state index contributed by atoms with van der Waals surface area (Å²) in [5, 5.41) is 22.5. The van der Waals surface area contributed by atoms with Gasteiger partial charge in [0.2, 0.25) is 23.1 Å². The van der Waals surface area contributed by atoms with Crippen LogP contribution in [0.25, 0.3) is 0 Å². The fourth-order valence-electron chi connectivity index (χ4n) is 13.0. The minimum absolute atomic E-state index is 0.0266. The number of alkyl halides is 12. The lowest BCUT2D eigenvalue weighted by Gasteiger charge is -2.32. The third-order valence-corrected chi connectivity index (χ3v) is 19.2. The molecule has 0 spiro atoms. The van der Waals surface area contributed by atoms with Crippen molar-refractivity contribution in [2.24, 2.45) is 0 Å². The zero-order chi connectivity index (χ0) is 73.0. The number of amides is 4. The van der Waals surface area contributed by atoms with Crippen LogP contribution >= 0.6 is 34.8 Å². The predicted molar refractivity (Wildman–Crippen MR) is 354 cm³/mol. The van der Waals surface area contributed by atoms with Crippen molar-refractivity contribution in [3.63, 3.8) is 0 Å². The Hall–Kier alpha value is -7.79. The first-order valence-corrected chi connectivity index (χ1v) is 33.7. The third kappa shape index (κ3) is 18.4. The maximum atomic E-state index is 13.8. The topological polar surface area (TPSA) is 219 Å². The first-order chi connectivity index (χ1) is 47.7. The van der Waals surface area contributed by atoms with Crippen LogP contribution in [0.1, 0.15) is 98.6 Å². The van der Waals surface area contributed by atoms with Crippen LogP contribution in [0.3, 0.4) is 0 Å². The smallest absolute Gasteiger partial charge is 0.393 e. The van der Waals surface area contributed by atoms with Crippen molar-refractivity contribution in [3.05, 3.63) is 122 Å². The number of aromatic nitrogens is 8. The molecular formula is C64H73Cl3F12N18O4. The molecule has 4 aromatic heterocycles. The number of carbonyl (C=O) groups is 2. The lowest BCUT2D eigenvalue weighted by atomic mass is 10.0. The van der Waals surface area contributed by atoms with Gasteiger partial charge in [-0.15, -0.1) is 0 Å². The van der Waals surface area contributed by atoms with Gasteiger partial charge in [0.15, 0.2) is 11.6 Å². The standard InChI is InChI=1S/C32H36ClF6N9O2.C27H26Cl2F6N8O.C5H11NO/c1-3-22-13-23(18-47(22)27-26(33)16-42-29(43-27)45-6-4-25(49)5-7-45)48(28-40-14-24(15-41-28)46-9-8-44(2)30(46)50)17-19-10-20(31(34,35)36)12-21(11-19)32(37,38)39;1-3-18-9-19(14-42(18)22-21(28)12-36-23(29)39-22)43(24-37-10-20(11-38-24)41-5-4-40(2)25(41)44)13-15-6-16(26(30,31)32)8-17(7-15)27(33,34)35;7-5-1-3-6-4-2-5/h10-12,14-16,22-23,25,49H,3-9,13,17-18H2,1-2H3;6-8,10-12,18-19H,3-5,9,13-14H2,1-2H3;5-7H,1-4H2/t22-,23+;18-,19+;/m11./s1. The highest BCUT2D eigenvalue weighted by Crippen LogP contribution is 2.42. The highest BCUT2D eigenvalue weighted by Gasteiger charge is 2.44. The number of carbonyl (C=O) groups excluding carboxylic acids is 2. The van der Waals surface area contributed by atoms with Crippen molar-refractivity contribution < 1.29 is 72.5 Å². The molecule has 548 valence electrons. The highest BCUT2D eigenvalue weighted by atomic mass is 35.5. The number of nitrogens with zero attached hydrogens (tertiary/aromatic N) is 17.